The van der Waals surface area contributed by atoms with Crippen LogP contribution in [0.25, 0.3) is 0 Å². The van der Waals surface area contributed by atoms with Crippen LogP contribution in [0.3, 0.4) is 0 Å². The molecule has 5 atom stereocenters. The van der Waals surface area contributed by atoms with Crippen molar-refractivity contribution in [2.45, 2.75) is 63.7 Å². The van der Waals surface area contributed by atoms with Crippen LogP contribution in [-0.2, 0) is 28.8 Å². The van der Waals surface area contributed by atoms with Crippen LogP contribution in [-0.4, -0.2) is 87.1 Å². The lowest BCUT2D eigenvalue weighted by Gasteiger charge is -2.27. The number of nitrogens with two attached hydrogens (primary N) is 1. The third kappa shape index (κ3) is 11.5. The summed E-state index contributed by atoms with van der Waals surface area (Å²) in [5.41, 5.74) is 5.83. The monoisotopic (exact) mass is 492 g/mol. The van der Waals surface area contributed by atoms with Gasteiger partial charge in [0, 0.05) is 0 Å². The van der Waals surface area contributed by atoms with E-state index >= 15 is 0 Å². The Bertz CT molecular complexity index is 734. The number of aliphatic carboxylic acids is 3. The van der Waals surface area contributed by atoms with Gasteiger partial charge in [0.25, 0.3) is 0 Å². The molecule has 0 aromatic heterocycles. The molecule has 0 radical (unpaired) electrons. The van der Waals surface area contributed by atoms with Gasteiger partial charge in [-0.3, -0.25) is 24.0 Å². The molecule has 0 rings (SSSR count). The van der Waals surface area contributed by atoms with E-state index in [4.69, 9.17) is 21.1 Å². The Labute approximate surface area is 195 Å². The Morgan fingerprint density at radius 1 is 0.848 bits per heavy atom. The van der Waals surface area contributed by atoms with Crippen LogP contribution in [0.2, 0.25) is 0 Å². The predicted molar refractivity (Wildman–Crippen MR) is 118 cm³/mol. The largest absolute Gasteiger partial charge is 0.481 e. The molecule has 0 fully saturated rings. The molecule has 8 N–H and O–H groups in total. The van der Waals surface area contributed by atoms with E-state index in [2.05, 4.69) is 10.6 Å². The van der Waals surface area contributed by atoms with Gasteiger partial charge in [-0.2, -0.15) is 11.8 Å². The van der Waals surface area contributed by atoms with Gasteiger partial charge in [-0.1, -0.05) is 20.3 Å². The maximum Gasteiger partial charge on any atom is 0.326 e. The van der Waals surface area contributed by atoms with Crippen molar-refractivity contribution in [3.63, 3.8) is 0 Å². The lowest BCUT2D eigenvalue weighted by atomic mass is 9.97. The highest BCUT2D eigenvalue weighted by molar-refractivity contribution is 7.98. The Balaban J connectivity index is 5.55. The van der Waals surface area contributed by atoms with E-state index in [0.29, 0.717) is 18.6 Å². The second-order valence-corrected chi connectivity index (χ2v) is 8.40. The first kappa shape index (κ1) is 30.1. The van der Waals surface area contributed by atoms with Gasteiger partial charge in [0.05, 0.1) is 18.9 Å². The zero-order chi connectivity index (χ0) is 25.7. The molecule has 5 unspecified atom stereocenters. The van der Waals surface area contributed by atoms with Crippen molar-refractivity contribution in [1.29, 1.82) is 0 Å². The molecule has 13 nitrogen and oxygen atoms in total. The third-order valence-electron chi connectivity index (χ3n) is 4.77. The van der Waals surface area contributed by atoms with E-state index in [1.54, 1.807) is 13.8 Å². The molecule has 188 valence electrons. The van der Waals surface area contributed by atoms with E-state index in [1.807, 2.05) is 11.6 Å². The fraction of sp³-hybridized carbons (Fsp3) is 0.684. The van der Waals surface area contributed by atoms with Crippen LogP contribution in [0.1, 0.15) is 39.5 Å². The van der Waals surface area contributed by atoms with Crippen LogP contribution >= 0.6 is 11.8 Å². The minimum atomic E-state index is -1.83. The molecule has 0 saturated carbocycles. The van der Waals surface area contributed by atoms with Crippen LogP contribution in [0.4, 0.5) is 0 Å². The zero-order valence-electron chi connectivity index (χ0n) is 18.7. The first-order valence-electron chi connectivity index (χ1n) is 10.2. The topological polar surface area (TPSA) is 225 Å². The minimum Gasteiger partial charge on any atom is -0.481 e. The van der Waals surface area contributed by atoms with E-state index < -0.39 is 78.6 Å². The molecule has 0 saturated heterocycles. The van der Waals surface area contributed by atoms with Crippen molar-refractivity contribution < 1.29 is 44.1 Å². The Morgan fingerprint density at radius 2 is 1.36 bits per heavy atom. The molecular formula is C19H32N4O9S. The summed E-state index contributed by atoms with van der Waals surface area (Å²) >= 11 is 1.49. The number of nitrogens with one attached hydrogen (secondary N) is 3. The van der Waals surface area contributed by atoms with Crippen LogP contribution in [0, 0.1) is 5.92 Å². The second kappa shape index (κ2) is 15.1. The maximum absolute atomic E-state index is 12.9. The summed E-state index contributed by atoms with van der Waals surface area (Å²) in [6.45, 7) is 3.42. The molecule has 3 amide bonds. The number of carbonyl (C=O) groups excluding carboxylic acids is 3. The number of amides is 3. The van der Waals surface area contributed by atoms with Crippen molar-refractivity contribution in [2.75, 3.05) is 12.0 Å². The summed E-state index contributed by atoms with van der Waals surface area (Å²) in [4.78, 5) is 70.9. The van der Waals surface area contributed by atoms with Crippen LogP contribution in [0.15, 0.2) is 0 Å². The van der Waals surface area contributed by atoms with Crippen LogP contribution < -0.4 is 21.7 Å². The number of rotatable bonds is 16. The molecule has 0 aliphatic carbocycles. The molecule has 0 bridgehead atoms. The van der Waals surface area contributed by atoms with Crippen molar-refractivity contribution in [2.24, 2.45) is 11.7 Å². The SMILES string of the molecule is CCC(C)C(NC(=O)C(N)CCSC)C(=O)NC(CC(=O)O)C(=O)NC(CC(=O)O)C(=O)O. The number of hydrogen-bond donors (Lipinski definition) is 7. The van der Waals surface area contributed by atoms with Crippen molar-refractivity contribution in [1.82, 2.24) is 16.0 Å². The Kier molecular flexibility index (Phi) is 13.7. The maximum atomic E-state index is 12.9. The first-order chi connectivity index (χ1) is 15.3. The molecule has 0 spiro atoms. The predicted octanol–water partition coefficient (Wildman–Crippen LogP) is -1.40. The Hall–Kier alpha value is -2.87. The first-order valence-corrected chi connectivity index (χ1v) is 11.5. The third-order valence-corrected chi connectivity index (χ3v) is 5.41. The molecule has 0 aliphatic heterocycles. The number of carboxylic acids is 3. The van der Waals surface area contributed by atoms with E-state index in [-0.39, 0.29) is 0 Å². The molecular weight excluding hydrogens is 460 g/mol. The number of carboxylic acid groups (broad SMARTS) is 3. The normalized spacial score (nSPS) is 15.3. The van der Waals surface area contributed by atoms with Crippen LogP contribution in [0.5, 0.6) is 0 Å². The van der Waals surface area contributed by atoms with Gasteiger partial charge in [0.15, 0.2) is 0 Å². The van der Waals surface area contributed by atoms with Gasteiger partial charge < -0.3 is 37.0 Å². The number of hydrogen-bond acceptors (Lipinski definition) is 8. The smallest absolute Gasteiger partial charge is 0.326 e. The van der Waals surface area contributed by atoms with Gasteiger partial charge in [-0.25, -0.2) is 4.79 Å². The summed E-state index contributed by atoms with van der Waals surface area (Å²) in [5, 5.41) is 33.6. The molecule has 14 heteroatoms. The minimum absolute atomic E-state index is 0.367. The number of thioether (sulfide) groups is 1. The van der Waals surface area contributed by atoms with E-state index in [9.17, 15) is 28.8 Å². The average Bonchev–Trinajstić information content (AvgIpc) is 2.72. The molecule has 0 heterocycles. The lowest BCUT2D eigenvalue weighted by Crippen LogP contribution is -2.59. The van der Waals surface area contributed by atoms with Crippen molar-refractivity contribution >= 4 is 47.4 Å². The highest BCUT2D eigenvalue weighted by Crippen LogP contribution is 2.10. The Morgan fingerprint density at radius 3 is 1.82 bits per heavy atom. The van der Waals surface area contributed by atoms with Gasteiger partial charge in [0.1, 0.15) is 18.1 Å². The number of carbonyl (C=O) groups is 6. The van der Waals surface area contributed by atoms with Gasteiger partial charge in [-0.15, -0.1) is 0 Å². The quantitative estimate of drug-likeness (QED) is 0.133. The standard InChI is InChI=1S/C19H32N4O9S/c1-4-9(2)15(23-16(28)10(20)5-6-33-3)18(30)21-11(7-13(24)25)17(29)22-12(19(31)32)8-14(26)27/h9-12,15H,4-8,20H2,1-3H3,(H,21,30)(H,22,29)(H,23,28)(H,24,25)(H,26,27)(H,31,32). The molecule has 0 aromatic rings. The highest BCUT2D eigenvalue weighted by Gasteiger charge is 2.33. The summed E-state index contributed by atoms with van der Waals surface area (Å²) < 4.78 is 0. The highest BCUT2D eigenvalue weighted by atomic mass is 32.2. The summed E-state index contributed by atoms with van der Waals surface area (Å²) in [7, 11) is 0. The molecule has 33 heavy (non-hydrogen) atoms. The van der Waals surface area contributed by atoms with E-state index in [1.165, 1.54) is 11.8 Å². The fourth-order valence-corrected chi connectivity index (χ4v) is 3.12. The van der Waals surface area contributed by atoms with Gasteiger partial charge >= 0.3 is 17.9 Å². The van der Waals surface area contributed by atoms with Crippen molar-refractivity contribution in [3.8, 4) is 0 Å². The van der Waals surface area contributed by atoms with E-state index in [0.717, 1.165) is 0 Å². The molecule has 0 aliphatic rings. The molecule has 0 aromatic carbocycles. The summed E-state index contributed by atoms with van der Waals surface area (Å²) in [5.74, 6) is -7.04. The van der Waals surface area contributed by atoms with Crippen molar-refractivity contribution in [3.05, 3.63) is 0 Å². The van der Waals surface area contributed by atoms with Gasteiger partial charge in [0.2, 0.25) is 17.7 Å². The lowest BCUT2D eigenvalue weighted by molar-refractivity contribution is -0.148. The second-order valence-electron chi connectivity index (χ2n) is 7.42. The summed E-state index contributed by atoms with van der Waals surface area (Å²) in [6, 6.07) is -5.55. The summed E-state index contributed by atoms with van der Waals surface area (Å²) in [6.07, 6.45) is 0.818. The fourth-order valence-electron chi connectivity index (χ4n) is 2.63. The zero-order valence-corrected chi connectivity index (χ0v) is 19.5. The van der Waals surface area contributed by atoms with Gasteiger partial charge in [-0.05, 0) is 24.3 Å². The average molecular weight is 493 g/mol.